The van der Waals surface area contributed by atoms with Gasteiger partial charge in [0.25, 0.3) is 0 Å². The van der Waals surface area contributed by atoms with E-state index in [0.717, 1.165) is 0 Å². The Kier molecular flexibility index (Phi) is 5.65. The number of aromatic amines is 2. The number of benzene rings is 2. The third kappa shape index (κ3) is 4.41. The predicted molar refractivity (Wildman–Crippen MR) is 114 cm³/mol. The second-order valence-electron chi connectivity index (χ2n) is 7.02. The topological polar surface area (TPSA) is 118 Å². The molecule has 4 rings (SSSR count). The van der Waals surface area contributed by atoms with Crippen LogP contribution in [0.5, 0.6) is 0 Å². The van der Waals surface area contributed by atoms with Gasteiger partial charge in [-0.1, -0.05) is 11.6 Å². The summed E-state index contributed by atoms with van der Waals surface area (Å²) in [5.74, 6) is -0.207. The fraction of sp³-hybridized carbons (Fsp3) is 0.263. The monoisotopic (exact) mass is 449 g/mol. The van der Waals surface area contributed by atoms with Gasteiger partial charge in [0.1, 0.15) is 0 Å². The van der Waals surface area contributed by atoms with Crippen molar-refractivity contribution < 1.29 is 13.2 Å². The fourth-order valence-corrected chi connectivity index (χ4v) is 4.95. The van der Waals surface area contributed by atoms with Crippen LogP contribution < -0.4 is 11.0 Å². The zero-order chi connectivity index (χ0) is 21.3. The van der Waals surface area contributed by atoms with Gasteiger partial charge in [0, 0.05) is 36.9 Å². The number of sulfonamides is 1. The Balaban J connectivity index is 1.33. The van der Waals surface area contributed by atoms with Crippen LogP contribution in [0, 0.1) is 0 Å². The summed E-state index contributed by atoms with van der Waals surface area (Å²) in [4.78, 5) is 31.1. The van der Waals surface area contributed by atoms with E-state index < -0.39 is 10.0 Å². The molecule has 9 nitrogen and oxygen atoms in total. The Morgan fingerprint density at radius 2 is 1.67 bits per heavy atom. The average molecular weight is 450 g/mol. The molecule has 1 aromatic heterocycles. The normalized spacial score (nSPS) is 16.0. The molecule has 3 aromatic rings. The summed E-state index contributed by atoms with van der Waals surface area (Å²) >= 11 is 5.83. The lowest BCUT2D eigenvalue weighted by Crippen LogP contribution is -2.50. The summed E-state index contributed by atoms with van der Waals surface area (Å²) in [6.07, 6.45) is 0. The van der Waals surface area contributed by atoms with Gasteiger partial charge in [-0.2, -0.15) is 4.31 Å². The second-order valence-corrected chi connectivity index (χ2v) is 9.40. The summed E-state index contributed by atoms with van der Waals surface area (Å²) in [6.45, 7) is 1.65. The minimum Gasteiger partial charge on any atom is -0.325 e. The van der Waals surface area contributed by atoms with Crippen molar-refractivity contribution in [3.05, 3.63) is 58.0 Å². The van der Waals surface area contributed by atoms with Crippen molar-refractivity contribution in [3.8, 4) is 0 Å². The van der Waals surface area contributed by atoms with Crippen LogP contribution >= 0.6 is 11.6 Å². The first kappa shape index (κ1) is 20.6. The number of imidazole rings is 1. The van der Waals surface area contributed by atoms with Gasteiger partial charge in [0.2, 0.25) is 15.9 Å². The van der Waals surface area contributed by atoms with Gasteiger partial charge in [-0.3, -0.25) is 9.69 Å². The largest absolute Gasteiger partial charge is 0.325 e. The van der Waals surface area contributed by atoms with Crippen molar-refractivity contribution in [2.24, 2.45) is 0 Å². The third-order valence-electron chi connectivity index (χ3n) is 4.95. The number of aromatic nitrogens is 2. The molecule has 0 bridgehead atoms. The third-order valence-corrected chi connectivity index (χ3v) is 7.11. The average Bonchev–Trinajstić information content (AvgIpc) is 3.08. The number of piperazine rings is 1. The van der Waals surface area contributed by atoms with E-state index in [1.54, 1.807) is 30.3 Å². The lowest BCUT2D eigenvalue weighted by Gasteiger charge is -2.33. The molecule has 0 atom stereocenters. The van der Waals surface area contributed by atoms with Crippen molar-refractivity contribution >= 4 is 44.3 Å². The Hall–Kier alpha value is -2.66. The van der Waals surface area contributed by atoms with Crippen LogP contribution in [0.1, 0.15) is 0 Å². The number of rotatable bonds is 5. The molecule has 11 heteroatoms. The van der Waals surface area contributed by atoms with Crippen LogP contribution in [0.3, 0.4) is 0 Å². The molecular formula is C19H20ClN5O4S. The zero-order valence-electron chi connectivity index (χ0n) is 15.9. The Morgan fingerprint density at radius 1 is 1.00 bits per heavy atom. The summed E-state index contributed by atoms with van der Waals surface area (Å²) in [5, 5.41) is 3.28. The molecule has 0 aliphatic carbocycles. The van der Waals surface area contributed by atoms with Gasteiger partial charge >= 0.3 is 5.69 Å². The first-order valence-corrected chi connectivity index (χ1v) is 11.1. The number of nitrogens with one attached hydrogen (secondary N) is 3. The molecule has 0 spiro atoms. The lowest BCUT2D eigenvalue weighted by atomic mass is 10.2. The molecule has 0 radical (unpaired) electrons. The molecule has 1 aliphatic rings. The van der Waals surface area contributed by atoms with E-state index in [2.05, 4.69) is 15.3 Å². The van der Waals surface area contributed by atoms with Gasteiger partial charge in [0.15, 0.2) is 0 Å². The van der Waals surface area contributed by atoms with E-state index in [1.165, 1.54) is 16.4 Å². The van der Waals surface area contributed by atoms with Crippen molar-refractivity contribution in [2.75, 3.05) is 38.0 Å². The number of H-pyrrole nitrogens is 2. The number of hydrogen-bond donors (Lipinski definition) is 3. The molecule has 0 saturated carbocycles. The van der Waals surface area contributed by atoms with Gasteiger partial charge in [-0.05, 0) is 42.5 Å². The zero-order valence-corrected chi connectivity index (χ0v) is 17.5. The number of anilines is 1. The Labute approximate surface area is 177 Å². The van der Waals surface area contributed by atoms with Crippen LogP contribution in [0.25, 0.3) is 11.0 Å². The highest BCUT2D eigenvalue weighted by molar-refractivity contribution is 7.89. The van der Waals surface area contributed by atoms with Gasteiger partial charge in [-0.25, -0.2) is 13.2 Å². The van der Waals surface area contributed by atoms with E-state index in [0.29, 0.717) is 47.9 Å². The van der Waals surface area contributed by atoms with Gasteiger partial charge in [-0.15, -0.1) is 0 Å². The number of halogens is 1. The van der Waals surface area contributed by atoms with Crippen molar-refractivity contribution in [2.45, 2.75) is 4.90 Å². The summed E-state index contributed by atoms with van der Waals surface area (Å²) in [6, 6.07) is 11.2. The molecule has 158 valence electrons. The summed E-state index contributed by atoms with van der Waals surface area (Å²) in [7, 11) is -3.58. The molecule has 0 unspecified atom stereocenters. The van der Waals surface area contributed by atoms with Crippen molar-refractivity contribution in [3.63, 3.8) is 0 Å². The molecule has 2 heterocycles. The first-order valence-electron chi connectivity index (χ1n) is 9.31. The molecule has 1 aliphatic heterocycles. The van der Waals surface area contributed by atoms with Crippen LogP contribution in [-0.2, 0) is 14.8 Å². The highest BCUT2D eigenvalue weighted by Crippen LogP contribution is 2.20. The van der Waals surface area contributed by atoms with E-state index in [9.17, 15) is 18.0 Å². The molecule has 1 fully saturated rings. The maximum absolute atomic E-state index is 12.7. The highest BCUT2D eigenvalue weighted by atomic mass is 35.5. The van der Waals surface area contributed by atoms with E-state index in [1.807, 2.05) is 4.90 Å². The molecule has 30 heavy (non-hydrogen) atoms. The Morgan fingerprint density at radius 3 is 2.37 bits per heavy atom. The van der Waals surface area contributed by atoms with E-state index in [-0.39, 0.29) is 23.0 Å². The first-order chi connectivity index (χ1) is 14.3. The predicted octanol–water partition coefficient (Wildman–Crippen LogP) is 1.45. The number of nitrogens with zero attached hydrogens (tertiary/aromatic N) is 2. The second kappa shape index (κ2) is 8.23. The van der Waals surface area contributed by atoms with E-state index in [4.69, 9.17) is 11.6 Å². The highest BCUT2D eigenvalue weighted by Gasteiger charge is 2.29. The molecule has 3 N–H and O–H groups in total. The number of amides is 1. The molecule has 2 aromatic carbocycles. The number of carbonyl (C=O) groups excluding carboxylic acids is 1. The maximum Gasteiger partial charge on any atom is 0.323 e. The number of carbonyl (C=O) groups is 1. The summed E-state index contributed by atoms with van der Waals surface area (Å²) in [5.41, 5.74) is 1.54. The van der Waals surface area contributed by atoms with Crippen molar-refractivity contribution in [1.29, 1.82) is 0 Å². The number of hydrogen-bond acceptors (Lipinski definition) is 5. The quantitative estimate of drug-likeness (QED) is 0.545. The van der Waals surface area contributed by atoms with E-state index >= 15 is 0 Å². The van der Waals surface area contributed by atoms with Crippen LogP contribution in [0.2, 0.25) is 5.02 Å². The van der Waals surface area contributed by atoms with Gasteiger partial charge < -0.3 is 15.3 Å². The molecule has 1 amide bonds. The lowest BCUT2D eigenvalue weighted by molar-refractivity contribution is -0.117. The van der Waals surface area contributed by atoms with Crippen LogP contribution in [0.4, 0.5) is 5.69 Å². The smallest absolute Gasteiger partial charge is 0.323 e. The fourth-order valence-electron chi connectivity index (χ4n) is 3.40. The minimum atomic E-state index is -3.58. The Bertz CT molecular complexity index is 1230. The molecular weight excluding hydrogens is 430 g/mol. The SMILES string of the molecule is O=C(CN1CCN(S(=O)(=O)c2ccc(Cl)cc2)CC1)Nc1ccc2[nH]c(=O)[nH]c2c1. The summed E-state index contributed by atoms with van der Waals surface area (Å²) < 4.78 is 26.9. The molecule has 1 saturated heterocycles. The van der Waals surface area contributed by atoms with Crippen molar-refractivity contribution in [1.82, 2.24) is 19.2 Å². The van der Waals surface area contributed by atoms with Gasteiger partial charge in [0.05, 0.1) is 22.5 Å². The minimum absolute atomic E-state index is 0.149. The standard InChI is InChI=1S/C19H20ClN5O4S/c20-13-1-4-15(5-2-13)30(28,29)25-9-7-24(8-10-25)12-18(26)21-14-3-6-16-17(11-14)23-19(27)22-16/h1-6,11H,7-10,12H2,(H,21,26)(H2,22,23,27). The van der Waals surface area contributed by atoms with Crippen LogP contribution in [-0.4, -0.2) is 66.2 Å². The number of fused-ring (bicyclic) bond motifs is 1. The maximum atomic E-state index is 12.7. The van der Waals surface area contributed by atoms with Crippen LogP contribution in [0.15, 0.2) is 52.2 Å².